The van der Waals surface area contributed by atoms with Crippen molar-refractivity contribution in [3.8, 4) is 0 Å². The molecule has 2 heteroatoms. The quantitative estimate of drug-likeness (QED) is 0.834. The van der Waals surface area contributed by atoms with Crippen LogP contribution in [0.25, 0.3) is 0 Å². The van der Waals surface area contributed by atoms with Gasteiger partial charge in [0.05, 0.1) is 6.04 Å². The zero-order chi connectivity index (χ0) is 15.1. The standard InChI is InChI=1S/C19H25NS/c1-18(2,3)16-11-10-15(21-16)17(20-4)19(12-13-19)14-8-6-5-7-9-14/h5-11,17,20H,12-13H2,1-4H3. The van der Waals surface area contributed by atoms with Crippen LogP contribution >= 0.6 is 11.3 Å². The lowest BCUT2D eigenvalue weighted by molar-refractivity contribution is 0.470. The van der Waals surface area contributed by atoms with Crippen LogP contribution < -0.4 is 5.32 Å². The molecule has 1 N–H and O–H groups in total. The zero-order valence-corrected chi connectivity index (χ0v) is 14.3. The van der Waals surface area contributed by atoms with Gasteiger partial charge in [-0.05, 0) is 43.0 Å². The first kappa shape index (κ1) is 14.8. The summed E-state index contributed by atoms with van der Waals surface area (Å²) < 4.78 is 0. The molecule has 1 aromatic carbocycles. The summed E-state index contributed by atoms with van der Waals surface area (Å²) in [5, 5.41) is 3.59. The predicted octanol–water partition coefficient (Wildman–Crippen LogP) is 5.04. The van der Waals surface area contributed by atoms with Crippen LogP contribution in [0.4, 0.5) is 0 Å². The fraction of sp³-hybridized carbons (Fsp3) is 0.474. The van der Waals surface area contributed by atoms with E-state index >= 15 is 0 Å². The predicted molar refractivity (Wildman–Crippen MR) is 92.2 cm³/mol. The number of rotatable bonds is 4. The molecular weight excluding hydrogens is 274 g/mol. The maximum absolute atomic E-state index is 3.59. The minimum atomic E-state index is 0.241. The third-order valence-electron chi connectivity index (χ3n) is 4.63. The minimum Gasteiger partial charge on any atom is -0.312 e. The second-order valence-corrected chi connectivity index (χ2v) is 8.31. The second kappa shape index (κ2) is 5.26. The number of hydrogen-bond acceptors (Lipinski definition) is 2. The van der Waals surface area contributed by atoms with Crippen molar-refractivity contribution in [1.29, 1.82) is 0 Å². The number of likely N-dealkylation sites (N-methyl/N-ethyl adjacent to an activating group) is 1. The van der Waals surface area contributed by atoms with Crippen LogP contribution in [0.15, 0.2) is 42.5 Å². The lowest BCUT2D eigenvalue weighted by Gasteiger charge is -2.26. The fourth-order valence-electron chi connectivity index (χ4n) is 3.25. The minimum absolute atomic E-state index is 0.241. The maximum atomic E-state index is 3.59. The van der Waals surface area contributed by atoms with Crippen LogP contribution in [0.5, 0.6) is 0 Å². The van der Waals surface area contributed by atoms with Gasteiger partial charge in [0.1, 0.15) is 0 Å². The van der Waals surface area contributed by atoms with E-state index in [2.05, 4.69) is 75.6 Å². The van der Waals surface area contributed by atoms with Crippen molar-refractivity contribution < 1.29 is 0 Å². The first-order valence-electron chi connectivity index (χ1n) is 7.80. The highest BCUT2D eigenvalue weighted by Crippen LogP contribution is 2.57. The van der Waals surface area contributed by atoms with E-state index < -0.39 is 0 Å². The molecule has 0 saturated heterocycles. The van der Waals surface area contributed by atoms with Crippen molar-refractivity contribution >= 4 is 11.3 Å². The smallest absolute Gasteiger partial charge is 0.0510 e. The lowest BCUT2D eigenvalue weighted by atomic mass is 9.87. The maximum Gasteiger partial charge on any atom is 0.0510 e. The first-order chi connectivity index (χ1) is 9.97. The zero-order valence-electron chi connectivity index (χ0n) is 13.4. The Morgan fingerprint density at radius 2 is 1.71 bits per heavy atom. The van der Waals surface area contributed by atoms with E-state index in [1.165, 1.54) is 28.2 Å². The Hall–Kier alpha value is -1.12. The molecule has 0 amide bonds. The molecule has 1 aliphatic rings. The summed E-state index contributed by atoms with van der Waals surface area (Å²) in [5.41, 5.74) is 2.02. The lowest BCUT2D eigenvalue weighted by Crippen LogP contribution is -2.28. The number of nitrogens with one attached hydrogen (secondary N) is 1. The average molecular weight is 299 g/mol. The Balaban J connectivity index is 1.94. The molecule has 1 aliphatic carbocycles. The van der Waals surface area contributed by atoms with Gasteiger partial charge in [0.25, 0.3) is 0 Å². The van der Waals surface area contributed by atoms with E-state index in [4.69, 9.17) is 0 Å². The van der Waals surface area contributed by atoms with Gasteiger partial charge in [-0.2, -0.15) is 0 Å². The summed E-state index contributed by atoms with van der Waals surface area (Å²) in [4.78, 5) is 2.95. The molecule has 0 spiro atoms. The van der Waals surface area contributed by atoms with Crippen molar-refractivity contribution in [3.63, 3.8) is 0 Å². The molecule has 112 valence electrons. The third kappa shape index (κ3) is 2.67. The molecule has 1 nitrogen and oxygen atoms in total. The highest BCUT2D eigenvalue weighted by Gasteiger charge is 2.51. The Morgan fingerprint density at radius 1 is 1.05 bits per heavy atom. The van der Waals surface area contributed by atoms with E-state index in [1.807, 2.05) is 11.3 Å². The monoisotopic (exact) mass is 299 g/mol. The molecule has 1 saturated carbocycles. The van der Waals surface area contributed by atoms with Gasteiger partial charge in [0.15, 0.2) is 0 Å². The molecule has 0 bridgehead atoms. The third-order valence-corrected chi connectivity index (χ3v) is 6.20. The summed E-state index contributed by atoms with van der Waals surface area (Å²) in [6.07, 6.45) is 2.57. The first-order valence-corrected chi connectivity index (χ1v) is 8.62. The molecule has 21 heavy (non-hydrogen) atoms. The highest BCUT2D eigenvalue weighted by molar-refractivity contribution is 7.12. The molecule has 1 aromatic heterocycles. The number of benzene rings is 1. The van der Waals surface area contributed by atoms with Crippen molar-refractivity contribution in [2.24, 2.45) is 0 Å². The van der Waals surface area contributed by atoms with E-state index in [1.54, 1.807) is 0 Å². The summed E-state index contributed by atoms with van der Waals surface area (Å²) in [7, 11) is 2.10. The van der Waals surface area contributed by atoms with Crippen LogP contribution in [0, 0.1) is 0 Å². The molecule has 0 aliphatic heterocycles. The number of hydrogen-bond donors (Lipinski definition) is 1. The molecule has 0 radical (unpaired) electrons. The summed E-state index contributed by atoms with van der Waals surface area (Å²) in [6.45, 7) is 6.88. The molecule has 3 rings (SSSR count). The van der Waals surface area contributed by atoms with Crippen LogP contribution in [0.1, 0.15) is 55.0 Å². The Labute approximate surface area is 132 Å². The molecule has 1 fully saturated rings. The van der Waals surface area contributed by atoms with Gasteiger partial charge in [-0.3, -0.25) is 0 Å². The second-order valence-electron chi connectivity index (χ2n) is 7.20. The summed E-state index contributed by atoms with van der Waals surface area (Å²) >= 11 is 1.97. The Bertz CT molecular complexity index is 602. The van der Waals surface area contributed by atoms with Gasteiger partial charge >= 0.3 is 0 Å². The highest BCUT2D eigenvalue weighted by atomic mass is 32.1. The Kier molecular flexibility index (Phi) is 3.71. The summed E-state index contributed by atoms with van der Waals surface area (Å²) in [5.74, 6) is 0. The van der Waals surface area contributed by atoms with Crippen molar-refractivity contribution in [2.75, 3.05) is 7.05 Å². The largest absolute Gasteiger partial charge is 0.312 e. The Morgan fingerprint density at radius 3 is 2.19 bits per heavy atom. The van der Waals surface area contributed by atoms with Gasteiger partial charge in [-0.15, -0.1) is 11.3 Å². The molecule has 1 unspecified atom stereocenters. The van der Waals surface area contributed by atoms with Crippen LogP contribution in [-0.2, 0) is 10.8 Å². The van der Waals surface area contributed by atoms with Crippen molar-refractivity contribution in [3.05, 3.63) is 57.8 Å². The van der Waals surface area contributed by atoms with Crippen LogP contribution in [0.3, 0.4) is 0 Å². The van der Waals surface area contributed by atoms with E-state index in [0.29, 0.717) is 11.5 Å². The average Bonchev–Trinajstić information content (AvgIpc) is 3.09. The molecule has 2 aromatic rings. The van der Waals surface area contributed by atoms with Crippen LogP contribution in [0.2, 0.25) is 0 Å². The number of thiophene rings is 1. The topological polar surface area (TPSA) is 12.0 Å². The van der Waals surface area contributed by atoms with Gasteiger partial charge in [0.2, 0.25) is 0 Å². The van der Waals surface area contributed by atoms with E-state index in [-0.39, 0.29) is 5.41 Å². The van der Waals surface area contributed by atoms with Gasteiger partial charge < -0.3 is 5.32 Å². The SMILES string of the molecule is CNC(c1ccc(C(C)(C)C)s1)C1(c2ccccc2)CC1. The normalized spacial score (nSPS) is 18.5. The van der Waals surface area contributed by atoms with Gasteiger partial charge in [0, 0.05) is 15.2 Å². The van der Waals surface area contributed by atoms with E-state index in [9.17, 15) is 0 Å². The van der Waals surface area contributed by atoms with E-state index in [0.717, 1.165) is 0 Å². The molecular formula is C19H25NS. The fourth-order valence-corrected chi connectivity index (χ4v) is 4.54. The van der Waals surface area contributed by atoms with Gasteiger partial charge in [-0.1, -0.05) is 51.1 Å². The molecule has 1 atom stereocenters. The van der Waals surface area contributed by atoms with Crippen molar-refractivity contribution in [1.82, 2.24) is 5.32 Å². The van der Waals surface area contributed by atoms with Crippen molar-refractivity contribution in [2.45, 2.75) is 50.5 Å². The summed E-state index contributed by atoms with van der Waals surface area (Å²) in [6, 6.07) is 16.1. The molecule has 1 heterocycles. The van der Waals surface area contributed by atoms with Gasteiger partial charge in [-0.25, -0.2) is 0 Å². The van der Waals surface area contributed by atoms with Crippen LogP contribution in [-0.4, -0.2) is 7.05 Å².